The van der Waals surface area contributed by atoms with Gasteiger partial charge in [-0.25, -0.2) is 8.78 Å². The molecule has 0 spiro atoms. The van der Waals surface area contributed by atoms with Crippen molar-refractivity contribution in [3.63, 3.8) is 0 Å². The van der Waals surface area contributed by atoms with E-state index in [-0.39, 0.29) is 5.56 Å². The summed E-state index contributed by atoms with van der Waals surface area (Å²) < 4.78 is 26.7. The highest BCUT2D eigenvalue weighted by Crippen LogP contribution is 2.41. The minimum Gasteiger partial charge on any atom is -0.387 e. The lowest BCUT2D eigenvalue weighted by Crippen LogP contribution is -2.40. The van der Waals surface area contributed by atoms with E-state index in [2.05, 4.69) is 6.92 Å². The van der Waals surface area contributed by atoms with Crippen LogP contribution >= 0.6 is 0 Å². The lowest BCUT2D eigenvalue weighted by atomic mass is 9.75. The number of hydrogen-bond acceptors (Lipinski definition) is 2. The molecule has 0 aliphatic heterocycles. The number of aliphatic hydroxyl groups is 2. The van der Waals surface area contributed by atoms with Gasteiger partial charge in [0.1, 0.15) is 6.10 Å². The van der Waals surface area contributed by atoms with Crippen molar-refractivity contribution in [2.75, 3.05) is 0 Å². The Balaban J connectivity index is 2.25. The number of benzene rings is 1. The van der Waals surface area contributed by atoms with E-state index in [4.69, 9.17) is 0 Å². The maximum absolute atomic E-state index is 13.6. The first-order chi connectivity index (χ1) is 8.44. The first kappa shape index (κ1) is 13.4. The second-order valence-corrected chi connectivity index (χ2v) is 5.33. The summed E-state index contributed by atoms with van der Waals surface area (Å²) in [6.45, 7) is 2.08. The van der Waals surface area contributed by atoms with E-state index in [0.717, 1.165) is 18.9 Å². The molecule has 2 rings (SSSR count). The van der Waals surface area contributed by atoms with Crippen LogP contribution in [0, 0.1) is 17.6 Å². The summed E-state index contributed by atoms with van der Waals surface area (Å²) in [6, 6.07) is 3.66. The summed E-state index contributed by atoms with van der Waals surface area (Å²) in [4.78, 5) is 0. The molecule has 0 aromatic heterocycles. The first-order valence-corrected chi connectivity index (χ1v) is 6.28. The number of halogens is 2. The zero-order valence-electron chi connectivity index (χ0n) is 10.4. The molecule has 1 fully saturated rings. The smallest absolute Gasteiger partial charge is 0.164 e. The molecule has 2 nitrogen and oxygen atoms in total. The average molecular weight is 256 g/mol. The molecule has 0 amide bonds. The third-order valence-corrected chi connectivity index (χ3v) is 3.93. The summed E-state index contributed by atoms with van der Waals surface area (Å²) in [5.74, 6) is -1.58. The molecule has 0 radical (unpaired) electrons. The van der Waals surface area contributed by atoms with Crippen LogP contribution < -0.4 is 0 Å². The van der Waals surface area contributed by atoms with Crippen LogP contribution in [0.2, 0.25) is 0 Å². The lowest BCUT2D eigenvalue weighted by Gasteiger charge is -2.38. The van der Waals surface area contributed by atoms with Crippen molar-refractivity contribution in [3.05, 3.63) is 35.4 Å². The van der Waals surface area contributed by atoms with Crippen molar-refractivity contribution < 1.29 is 19.0 Å². The maximum atomic E-state index is 13.6. The van der Waals surface area contributed by atoms with Gasteiger partial charge in [0.15, 0.2) is 11.6 Å². The SMILES string of the molecule is CC1CCC(O)(C(O)c2cccc(F)c2F)CC1. The van der Waals surface area contributed by atoms with E-state index in [1.165, 1.54) is 12.1 Å². The van der Waals surface area contributed by atoms with Gasteiger partial charge in [0.05, 0.1) is 5.60 Å². The van der Waals surface area contributed by atoms with E-state index >= 15 is 0 Å². The minimum absolute atomic E-state index is 0.160. The third-order valence-electron chi connectivity index (χ3n) is 3.93. The fourth-order valence-corrected chi connectivity index (χ4v) is 2.56. The number of rotatable bonds is 2. The van der Waals surface area contributed by atoms with Crippen LogP contribution in [0.15, 0.2) is 18.2 Å². The van der Waals surface area contributed by atoms with Gasteiger partial charge in [0.2, 0.25) is 0 Å². The normalized spacial score (nSPS) is 30.2. The van der Waals surface area contributed by atoms with Crippen molar-refractivity contribution in [3.8, 4) is 0 Å². The standard InChI is InChI=1S/C14H18F2O2/c1-9-5-7-14(18,8-6-9)13(17)10-3-2-4-11(15)12(10)16/h2-4,9,13,17-18H,5-8H2,1H3. The molecule has 18 heavy (non-hydrogen) atoms. The number of hydrogen-bond donors (Lipinski definition) is 2. The Kier molecular flexibility index (Phi) is 3.69. The zero-order chi connectivity index (χ0) is 13.3. The topological polar surface area (TPSA) is 40.5 Å². The molecule has 1 saturated carbocycles. The van der Waals surface area contributed by atoms with E-state index in [9.17, 15) is 19.0 Å². The summed E-state index contributed by atoms with van der Waals surface area (Å²) in [5, 5.41) is 20.5. The van der Waals surface area contributed by atoms with Crippen LogP contribution in [0.3, 0.4) is 0 Å². The Morgan fingerprint density at radius 3 is 2.50 bits per heavy atom. The van der Waals surface area contributed by atoms with Crippen molar-refractivity contribution in [2.24, 2.45) is 5.92 Å². The monoisotopic (exact) mass is 256 g/mol. The van der Waals surface area contributed by atoms with Crippen molar-refractivity contribution in [1.29, 1.82) is 0 Å². The van der Waals surface area contributed by atoms with Gasteiger partial charge in [-0.15, -0.1) is 0 Å². The van der Waals surface area contributed by atoms with Crippen molar-refractivity contribution in [1.82, 2.24) is 0 Å². The fraction of sp³-hybridized carbons (Fsp3) is 0.571. The summed E-state index contributed by atoms with van der Waals surface area (Å²) in [6.07, 6.45) is 1.01. The van der Waals surface area contributed by atoms with Crippen LogP contribution in [0.1, 0.15) is 44.3 Å². The molecule has 4 heteroatoms. The van der Waals surface area contributed by atoms with E-state index in [0.29, 0.717) is 18.8 Å². The van der Waals surface area contributed by atoms with E-state index in [1.54, 1.807) is 0 Å². The molecule has 2 N–H and O–H groups in total. The minimum atomic E-state index is -1.37. The molecular formula is C14H18F2O2. The maximum Gasteiger partial charge on any atom is 0.164 e. The Bertz CT molecular complexity index is 426. The van der Waals surface area contributed by atoms with Gasteiger partial charge in [-0.05, 0) is 37.7 Å². The first-order valence-electron chi connectivity index (χ1n) is 6.28. The Morgan fingerprint density at radius 1 is 1.28 bits per heavy atom. The highest BCUT2D eigenvalue weighted by Gasteiger charge is 2.40. The molecule has 0 saturated heterocycles. The zero-order valence-corrected chi connectivity index (χ0v) is 10.4. The fourth-order valence-electron chi connectivity index (χ4n) is 2.56. The second-order valence-electron chi connectivity index (χ2n) is 5.33. The van der Waals surface area contributed by atoms with Gasteiger partial charge >= 0.3 is 0 Å². The van der Waals surface area contributed by atoms with Gasteiger partial charge in [-0.3, -0.25) is 0 Å². The molecule has 1 unspecified atom stereocenters. The highest BCUT2D eigenvalue weighted by molar-refractivity contribution is 5.24. The van der Waals surface area contributed by atoms with Crippen molar-refractivity contribution >= 4 is 0 Å². The Labute approximate surface area is 105 Å². The number of aliphatic hydroxyl groups excluding tert-OH is 1. The Morgan fingerprint density at radius 2 is 1.89 bits per heavy atom. The molecule has 1 atom stereocenters. The van der Waals surface area contributed by atoms with Crippen LogP contribution in [0.5, 0.6) is 0 Å². The Hall–Kier alpha value is -1.00. The van der Waals surface area contributed by atoms with Gasteiger partial charge in [-0.2, -0.15) is 0 Å². The third kappa shape index (κ3) is 2.40. The van der Waals surface area contributed by atoms with Gasteiger partial charge in [0.25, 0.3) is 0 Å². The molecule has 0 bridgehead atoms. The van der Waals surface area contributed by atoms with Crippen LogP contribution in [0.25, 0.3) is 0 Å². The summed E-state index contributed by atoms with van der Waals surface area (Å²) in [5.41, 5.74) is -1.51. The van der Waals surface area contributed by atoms with E-state index < -0.39 is 23.3 Å². The van der Waals surface area contributed by atoms with Crippen LogP contribution in [-0.4, -0.2) is 15.8 Å². The quantitative estimate of drug-likeness (QED) is 0.854. The molecule has 1 aromatic carbocycles. The molecule has 0 heterocycles. The van der Waals surface area contributed by atoms with Crippen LogP contribution in [-0.2, 0) is 0 Å². The molecular weight excluding hydrogens is 238 g/mol. The van der Waals surface area contributed by atoms with Gasteiger partial charge in [-0.1, -0.05) is 19.1 Å². The predicted octanol–water partition coefficient (Wildman–Crippen LogP) is 2.94. The average Bonchev–Trinajstić information content (AvgIpc) is 2.36. The molecule has 1 aliphatic carbocycles. The van der Waals surface area contributed by atoms with Gasteiger partial charge < -0.3 is 10.2 Å². The molecule has 1 aliphatic rings. The van der Waals surface area contributed by atoms with Crippen molar-refractivity contribution in [2.45, 2.75) is 44.3 Å². The van der Waals surface area contributed by atoms with Gasteiger partial charge in [0, 0.05) is 5.56 Å². The molecule has 1 aromatic rings. The van der Waals surface area contributed by atoms with E-state index in [1.807, 2.05) is 0 Å². The largest absolute Gasteiger partial charge is 0.387 e. The second kappa shape index (κ2) is 4.94. The highest BCUT2D eigenvalue weighted by atomic mass is 19.2. The predicted molar refractivity (Wildman–Crippen MR) is 63.9 cm³/mol. The summed E-state index contributed by atoms with van der Waals surface area (Å²) >= 11 is 0. The lowest BCUT2D eigenvalue weighted by molar-refractivity contribution is -0.106. The summed E-state index contributed by atoms with van der Waals surface area (Å²) in [7, 11) is 0. The van der Waals surface area contributed by atoms with Crippen LogP contribution in [0.4, 0.5) is 8.78 Å². The molecule has 100 valence electrons.